The van der Waals surface area contributed by atoms with Crippen molar-refractivity contribution in [3.8, 4) is 0 Å². The third kappa shape index (κ3) is 7.70. The Kier molecular flexibility index (Phi) is 7.50. The molecule has 1 heterocycles. The Morgan fingerprint density at radius 2 is 2.10 bits per heavy atom. The summed E-state index contributed by atoms with van der Waals surface area (Å²) >= 11 is 0. The van der Waals surface area contributed by atoms with E-state index in [4.69, 9.17) is 4.74 Å². The predicted molar refractivity (Wildman–Crippen MR) is 87.4 cm³/mol. The molecule has 1 amide bonds. The number of carbonyl (C=O) groups excluding carboxylic acids is 1. The zero-order chi connectivity index (χ0) is 15.9. The summed E-state index contributed by atoms with van der Waals surface area (Å²) in [5, 5.41) is 6.59. The Balaban J connectivity index is 2.49. The highest BCUT2D eigenvalue weighted by Crippen LogP contribution is 2.23. The third-order valence-corrected chi connectivity index (χ3v) is 4.23. The Hall–Kier alpha value is -0.770. The van der Waals surface area contributed by atoms with E-state index in [0.29, 0.717) is 24.4 Å². The Bertz CT molecular complexity index is 306. The maximum Gasteiger partial charge on any atom is 0.407 e. The highest BCUT2D eigenvalue weighted by molar-refractivity contribution is 5.67. The minimum absolute atomic E-state index is 0.299. The van der Waals surface area contributed by atoms with Gasteiger partial charge in [-0.05, 0) is 58.4 Å². The molecule has 1 rings (SSSR count). The molecule has 124 valence electrons. The van der Waals surface area contributed by atoms with Gasteiger partial charge in [0.25, 0.3) is 0 Å². The van der Waals surface area contributed by atoms with Crippen molar-refractivity contribution >= 4 is 6.09 Å². The molecule has 3 atom stereocenters. The van der Waals surface area contributed by atoms with Crippen LogP contribution in [0.3, 0.4) is 0 Å². The van der Waals surface area contributed by atoms with Crippen LogP contribution in [0.5, 0.6) is 0 Å². The lowest BCUT2D eigenvalue weighted by Crippen LogP contribution is -2.46. The van der Waals surface area contributed by atoms with E-state index in [0.717, 1.165) is 13.0 Å². The molecule has 0 aromatic carbocycles. The van der Waals surface area contributed by atoms with Gasteiger partial charge in [0.15, 0.2) is 0 Å². The van der Waals surface area contributed by atoms with Crippen LogP contribution in [0, 0.1) is 11.8 Å². The van der Waals surface area contributed by atoms with Gasteiger partial charge < -0.3 is 15.4 Å². The standard InChI is InChI=1S/C17H34N2O2/c1-6-13(2)11-14(15-9-7-8-10-18-15)12-19-16(20)21-17(3,4)5/h13-15,18H,6-12H2,1-5H3,(H,19,20)/t13-,14+,15-/m0/s1. The fraction of sp³-hybridized carbons (Fsp3) is 0.941. The van der Waals surface area contributed by atoms with Gasteiger partial charge in [0.2, 0.25) is 0 Å². The van der Waals surface area contributed by atoms with E-state index < -0.39 is 5.60 Å². The summed E-state index contributed by atoms with van der Waals surface area (Å²) < 4.78 is 5.34. The van der Waals surface area contributed by atoms with E-state index >= 15 is 0 Å². The van der Waals surface area contributed by atoms with Crippen LogP contribution in [0.15, 0.2) is 0 Å². The van der Waals surface area contributed by atoms with Gasteiger partial charge in [-0.25, -0.2) is 4.79 Å². The molecule has 1 aliphatic heterocycles. The number of nitrogens with one attached hydrogen (secondary N) is 2. The topological polar surface area (TPSA) is 50.4 Å². The summed E-state index contributed by atoms with van der Waals surface area (Å²) in [4.78, 5) is 11.8. The second-order valence-electron chi connectivity index (χ2n) is 7.45. The molecule has 21 heavy (non-hydrogen) atoms. The van der Waals surface area contributed by atoms with Crippen molar-refractivity contribution in [2.75, 3.05) is 13.1 Å². The minimum Gasteiger partial charge on any atom is -0.444 e. The number of hydrogen-bond acceptors (Lipinski definition) is 3. The summed E-state index contributed by atoms with van der Waals surface area (Å²) in [7, 11) is 0. The largest absolute Gasteiger partial charge is 0.444 e. The predicted octanol–water partition coefficient (Wildman–Crippen LogP) is 3.71. The average Bonchev–Trinajstić information content (AvgIpc) is 2.42. The number of alkyl carbamates (subject to hydrolysis) is 1. The molecular formula is C17H34N2O2. The van der Waals surface area contributed by atoms with Crippen molar-refractivity contribution in [3.63, 3.8) is 0 Å². The van der Waals surface area contributed by atoms with E-state index in [-0.39, 0.29) is 6.09 Å². The van der Waals surface area contributed by atoms with E-state index in [9.17, 15) is 4.79 Å². The highest BCUT2D eigenvalue weighted by atomic mass is 16.6. The molecule has 1 fully saturated rings. The molecule has 4 heteroatoms. The Morgan fingerprint density at radius 3 is 2.62 bits per heavy atom. The van der Waals surface area contributed by atoms with Crippen LogP contribution in [0.4, 0.5) is 4.79 Å². The summed E-state index contributed by atoms with van der Waals surface area (Å²) in [6, 6.07) is 0.530. The molecule has 4 nitrogen and oxygen atoms in total. The normalized spacial score (nSPS) is 22.4. The molecule has 0 saturated carbocycles. The molecule has 0 unspecified atom stereocenters. The quantitative estimate of drug-likeness (QED) is 0.786. The van der Waals surface area contributed by atoms with Gasteiger partial charge in [-0.1, -0.05) is 26.7 Å². The van der Waals surface area contributed by atoms with Crippen molar-refractivity contribution < 1.29 is 9.53 Å². The average molecular weight is 298 g/mol. The fourth-order valence-electron chi connectivity index (χ4n) is 2.88. The summed E-state index contributed by atoms with van der Waals surface area (Å²) in [6.45, 7) is 12.0. The maximum atomic E-state index is 11.8. The van der Waals surface area contributed by atoms with Gasteiger partial charge >= 0.3 is 6.09 Å². The highest BCUT2D eigenvalue weighted by Gasteiger charge is 2.26. The van der Waals surface area contributed by atoms with Gasteiger partial charge in [-0.3, -0.25) is 0 Å². The molecule has 1 saturated heterocycles. The van der Waals surface area contributed by atoms with Gasteiger partial charge in [0.1, 0.15) is 5.60 Å². The van der Waals surface area contributed by atoms with Crippen LogP contribution in [-0.2, 0) is 4.74 Å². The molecule has 2 N–H and O–H groups in total. The SMILES string of the molecule is CC[C@H](C)C[C@H](CNC(=O)OC(C)(C)C)[C@@H]1CCCCN1. The second-order valence-corrected chi connectivity index (χ2v) is 7.45. The second kappa shape index (κ2) is 8.62. The molecule has 0 radical (unpaired) electrons. The number of hydrogen-bond donors (Lipinski definition) is 2. The van der Waals surface area contributed by atoms with E-state index in [1.54, 1.807) is 0 Å². The molecule has 0 spiro atoms. The minimum atomic E-state index is -0.431. The van der Waals surface area contributed by atoms with E-state index in [1.807, 2.05) is 20.8 Å². The smallest absolute Gasteiger partial charge is 0.407 e. The van der Waals surface area contributed by atoms with Crippen LogP contribution in [0.2, 0.25) is 0 Å². The van der Waals surface area contributed by atoms with Gasteiger partial charge in [-0.2, -0.15) is 0 Å². The van der Waals surface area contributed by atoms with Crippen molar-refractivity contribution in [1.82, 2.24) is 10.6 Å². The van der Waals surface area contributed by atoms with Crippen molar-refractivity contribution in [3.05, 3.63) is 0 Å². The zero-order valence-electron chi connectivity index (χ0n) is 14.5. The molecule has 1 aliphatic rings. The molecule has 0 aliphatic carbocycles. The number of carbonyl (C=O) groups is 1. The lowest BCUT2D eigenvalue weighted by atomic mass is 9.84. The number of piperidine rings is 1. The Morgan fingerprint density at radius 1 is 1.38 bits per heavy atom. The van der Waals surface area contributed by atoms with Crippen molar-refractivity contribution in [2.45, 2.75) is 78.4 Å². The molecular weight excluding hydrogens is 264 g/mol. The molecule has 0 aromatic heterocycles. The van der Waals surface area contributed by atoms with Crippen LogP contribution in [0.1, 0.15) is 66.7 Å². The van der Waals surface area contributed by atoms with Crippen molar-refractivity contribution in [1.29, 1.82) is 0 Å². The van der Waals surface area contributed by atoms with Gasteiger partial charge in [0.05, 0.1) is 0 Å². The first-order chi connectivity index (χ1) is 9.81. The van der Waals surface area contributed by atoms with Crippen LogP contribution in [-0.4, -0.2) is 30.8 Å². The number of ether oxygens (including phenoxy) is 1. The number of amides is 1. The third-order valence-electron chi connectivity index (χ3n) is 4.23. The first kappa shape index (κ1) is 18.3. The lowest BCUT2D eigenvalue weighted by Gasteiger charge is -2.33. The first-order valence-corrected chi connectivity index (χ1v) is 8.52. The Labute approximate surface area is 130 Å². The van der Waals surface area contributed by atoms with Crippen LogP contribution >= 0.6 is 0 Å². The van der Waals surface area contributed by atoms with E-state index in [1.165, 1.54) is 25.7 Å². The fourth-order valence-corrected chi connectivity index (χ4v) is 2.88. The van der Waals surface area contributed by atoms with Gasteiger partial charge in [-0.15, -0.1) is 0 Å². The monoisotopic (exact) mass is 298 g/mol. The summed E-state index contributed by atoms with van der Waals surface area (Å²) in [5.41, 5.74) is -0.431. The van der Waals surface area contributed by atoms with Crippen LogP contribution < -0.4 is 10.6 Å². The molecule has 0 aromatic rings. The first-order valence-electron chi connectivity index (χ1n) is 8.52. The lowest BCUT2D eigenvalue weighted by molar-refractivity contribution is 0.0510. The zero-order valence-corrected chi connectivity index (χ0v) is 14.5. The summed E-state index contributed by atoms with van der Waals surface area (Å²) in [6.07, 6.45) is 5.83. The molecule has 0 bridgehead atoms. The van der Waals surface area contributed by atoms with Crippen molar-refractivity contribution in [2.24, 2.45) is 11.8 Å². The number of rotatable bonds is 6. The maximum absolute atomic E-state index is 11.8. The summed E-state index contributed by atoms with van der Waals surface area (Å²) in [5.74, 6) is 1.19. The van der Waals surface area contributed by atoms with E-state index in [2.05, 4.69) is 24.5 Å². The van der Waals surface area contributed by atoms with Gasteiger partial charge in [0, 0.05) is 12.6 Å². The van der Waals surface area contributed by atoms with Crippen LogP contribution in [0.25, 0.3) is 0 Å².